The summed E-state index contributed by atoms with van der Waals surface area (Å²) in [5.74, 6) is 0.689. The first-order valence-electron chi connectivity index (χ1n) is 12.0. The highest BCUT2D eigenvalue weighted by atomic mass is 16.5. The average Bonchev–Trinajstić information content (AvgIpc) is 2.87. The van der Waals surface area contributed by atoms with E-state index in [9.17, 15) is 15.0 Å². The minimum absolute atomic E-state index is 0.0187. The fourth-order valence-corrected chi connectivity index (χ4v) is 3.87. The van der Waals surface area contributed by atoms with Crippen molar-refractivity contribution in [1.29, 1.82) is 0 Å². The Morgan fingerprint density at radius 3 is 2.58 bits per heavy atom. The Morgan fingerprint density at radius 1 is 1.17 bits per heavy atom. The fourth-order valence-electron chi connectivity index (χ4n) is 3.87. The van der Waals surface area contributed by atoms with Gasteiger partial charge in [0, 0.05) is 35.7 Å². The summed E-state index contributed by atoms with van der Waals surface area (Å²) in [4.78, 5) is 16.0. The maximum atomic E-state index is 11.4. The Morgan fingerprint density at radius 2 is 1.89 bits per heavy atom. The number of rotatable bonds is 13. The molecule has 1 aromatic carbocycles. The van der Waals surface area contributed by atoms with Gasteiger partial charge in [0.15, 0.2) is 0 Å². The van der Waals surface area contributed by atoms with E-state index < -0.39 is 18.2 Å². The largest absolute Gasteiger partial charge is 0.491 e. The number of aliphatic hydroxyl groups is 3. The van der Waals surface area contributed by atoms with Gasteiger partial charge in [0.05, 0.1) is 31.5 Å². The first kappa shape index (κ1) is 27.2. The van der Waals surface area contributed by atoms with E-state index in [1.54, 1.807) is 6.92 Å². The molecule has 0 fully saturated rings. The Kier molecular flexibility index (Phi) is 9.86. The van der Waals surface area contributed by atoms with Crippen LogP contribution in [0.4, 0.5) is 0 Å². The third-order valence-electron chi connectivity index (χ3n) is 5.90. The molecular weight excluding hydrogens is 462 g/mol. The van der Waals surface area contributed by atoms with Crippen molar-refractivity contribution >= 4 is 17.4 Å². The minimum atomic E-state index is -0.994. The number of nitrogens with one attached hydrogen (secondary N) is 1. The summed E-state index contributed by atoms with van der Waals surface area (Å²) in [5.41, 5.74) is 9.24. The molecule has 0 saturated carbocycles. The lowest BCUT2D eigenvalue weighted by molar-refractivity contribution is -0.140. The molecular formula is C27H35N3O6. The van der Waals surface area contributed by atoms with Crippen LogP contribution in [0.5, 0.6) is 5.75 Å². The summed E-state index contributed by atoms with van der Waals surface area (Å²) < 4.78 is 10.4. The highest BCUT2D eigenvalue weighted by molar-refractivity contribution is 6.22. The number of dihydropyridines is 1. The summed E-state index contributed by atoms with van der Waals surface area (Å²) in [7, 11) is 0. The topological polar surface area (TPSA) is 147 Å². The fraction of sp³-hybridized carbons (Fsp3) is 0.407. The maximum Gasteiger partial charge on any atom is 0.333 e. The summed E-state index contributed by atoms with van der Waals surface area (Å²) >= 11 is 0. The smallest absolute Gasteiger partial charge is 0.333 e. The van der Waals surface area contributed by atoms with Crippen molar-refractivity contribution in [3.63, 3.8) is 0 Å². The van der Waals surface area contributed by atoms with Gasteiger partial charge in [0.2, 0.25) is 0 Å². The number of ether oxygens (including phenoxy) is 2. The molecule has 4 unspecified atom stereocenters. The second-order valence-corrected chi connectivity index (χ2v) is 8.80. The number of allylic oxidation sites excluding steroid dienone is 1. The van der Waals surface area contributed by atoms with Crippen molar-refractivity contribution in [2.45, 2.75) is 38.0 Å². The molecule has 0 amide bonds. The third-order valence-corrected chi connectivity index (χ3v) is 5.90. The molecule has 194 valence electrons. The second kappa shape index (κ2) is 13.1. The molecule has 3 rings (SSSR count). The minimum Gasteiger partial charge on any atom is -0.491 e. The van der Waals surface area contributed by atoms with Crippen LogP contribution in [0.2, 0.25) is 0 Å². The van der Waals surface area contributed by atoms with E-state index in [0.717, 1.165) is 16.8 Å². The maximum absolute atomic E-state index is 11.4. The molecule has 1 heterocycles. The van der Waals surface area contributed by atoms with E-state index in [-0.39, 0.29) is 38.2 Å². The zero-order valence-corrected chi connectivity index (χ0v) is 20.5. The van der Waals surface area contributed by atoms with Crippen LogP contribution in [0, 0.1) is 5.92 Å². The van der Waals surface area contributed by atoms with E-state index >= 15 is 0 Å². The van der Waals surface area contributed by atoms with Gasteiger partial charge in [-0.2, -0.15) is 0 Å². The predicted molar refractivity (Wildman–Crippen MR) is 138 cm³/mol. The van der Waals surface area contributed by atoms with E-state index in [1.807, 2.05) is 36.4 Å². The lowest BCUT2D eigenvalue weighted by Gasteiger charge is -2.27. The van der Waals surface area contributed by atoms with E-state index in [2.05, 4.69) is 29.0 Å². The number of nitrogens with two attached hydrogens (primary N) is 1. The molecule has 0 aromatic heterocycles. The van der Waals surface area contributed by atoms with Gasteiger partial charge < -0.3 is 35.8 Å². The summed E-state index contributed by atoms with van der Waals surface area (Å²) in [6.07, 6.45) is 6.65. The van der Waals surface area contributed by atoms with Crippen molar-refractivity contribution in [3.05, 3.63) is 72.0 Å². The molecule has 1 aliphatic heterocycles. The zero-order chi connectivity index (χ0) is 26.1. The van der Waals surface area contributed by atoms with E-state index in [0.29, 0.717) is 30.1 Å². The van der Waals surface area contributed by atoms with Crippen LogP contribution < -0.4 is 15.8 Å². The van der Waals surface area contributed by atoms with Gasteiger partial charge in [-0.15, -0.1) is 0 Å². The third kappa shape index (κ3) is 7.55. The van der Waals surface area contributed by atoms with Gasteiger partial charge in [-0.1, -0.05) is 30.9 Å². The predicted octanol–water partition coefficient (Wildman–Crippen LogP) is 1.46. The molecule has 9 heteroatoms. The van der Waals surface area contributed by atoms with E-state index in [1.165, 1.54) is 0 Å². The van der Waals surface area contributed by atoms with Crippen LogP contribution in [-0.4, -0.2) is 71.7 Å². The molecule has 1 aliphatic carbocycles. The van der Waals surface area contributed by atoms with Gasteiger partial charge in [0.1, 0.15) is 18.2 Å². The van der Waals surface area contributed by atoms with Crippen LogP contribution in [0.15, 0.2) is 71.4 Å². The van der Waals surface area contributed by atoms with Crippen molar-refractivity contribution in [1.82, 2.24) is 5.32 Å². The monoisotopic (exact) mass is 497 g/mol. The molecule has 6 N–H and O–H groups in total. The lowest BCUT2D eigenvalue weighted by atomic mass is 9.87. The number of carbonyl (C=O) groups excluding carboxylic acids is 1. The normalized spacial score (nSPS) is 20.3. The number of hydrogen-bond acceptors (Lipinski definition) is 9. The molecule has 0 bridgehead atoms. The number of hydrogen-bond donors (Lipinski definition) is 5. The van der Waals surface area contributed by atoms with Crippen LogP contribution in [0.3, 0.4) is 0 Å². The zero-order valence-electron chi connectivity index (χ0n) is 20.5. The van der Waals surface area contributed by atoms with Gasteiger partial charge >= 0.3 is 5.97 Å². The molecule has 0 saturated heterocycles. The molecule has 0 spiro atoms. The number of aliphatic imine (C=N–C) groups is 1. The number of amidine groups is 1. The van der Waals surface area contributed by atoms with E-state index in [4.69, 9.17) is 20.3 Å². The summed E-state index contributed by atoms with van der Waals surface area (Å²) in [5, 5.41) is 32.4. The van der Waals surface area contributed by atoms with Crippen molar-refractivity contribution in [2.75, 3.05) is 26.4 Å². The first-order valence-corrected chi connectivity index (χ1v) is 12.0. The van der Waals surface area contributed by atoms with Crippen molar-refractivity contribution in [3.8, 4) is 5.75 Å². The molecule has 9 nitrogen and oxygen atoms in total. The van der Waals surface area contributed by atoms with Gasteiger partial charge in [-0.05, 0) is 43.2 Å². The number of esters is 1. The summed E-state index contributed by atoms with van der Waals surface area (Å²) in [6, 6.07) is 7.38. The Labute approximate surface area is 211 Å². The number of aliphatic hydroxyl groups excluding tert-OH is 3. The van der Waals surface area contributed by atoms with Crippen molar-refractivity contribution in [2.24, 2.45) is 16.6 Å². The standard InChI is InChI=1S/C27H35N3O6/c1-17(2)27(34)36-13-10-25(33)24(32)9-11-29-20-6-3-19-15-22(26(28)30-23(19)16-20)18-4-7-21(8-5-18)35-14-12-31/h3-8,15-16,19,23-25,29,31-33H,1,9-14H2,2H3,(H2,28,30). The molecule has 1 aromatic rings. The highest BCUT2D eigenvalue weighted by Crippen LogP contribution is 2.30. The second-order valence-electron chi connectivity index (χ2n) is 8.80. The van der Waals surface area contributed by atoms with Gasteiger partial charge in [-0.25, -0.2) is 4.79 Å². The Hall–Kier alpha value is -3.40. The number of carbonyl (C=O) groups is 1. The van der Waals surface area contributed by atoms with Crippen LogP contribution in [0.1, 0.15) is 25.3 Å². The SMILES string of the molecule is C=C(C)C(=O)OCCC(O)C(O)CCNC1=CC2N=C(N)C(c3ccc(OCCO)cc3)=CC2C=C1. The molecule has 0 radical (unpaired) electrons. The highest BCUT2D eigenvalue weighted by Gasteiger charge is 2.25. The molecule has 4 atom stereocenters. The van der Waals surface area contributed by atoms with Crippen LogP contribution in [-0.2, 0) is 9.53 Å². The first-order chi connectivity index (χ1) is 17.3. The lowest BCUT2D eigenvalue weighted by Crippen LogP contribution is -2.32. The van der Waals surface area contributed by atoms with Gasteiger partial charge in [0.25, 0.3) is 0 Å². The van der Waals surface area contributed by atoms with Crippen molar-refractivity contribution < 1.29 is 29.6 Å². The molecule has 36 heavy (non-hydrogen) atoms. The van der Waals surface area contributed by atoms with Gasteiger partial charge in [-0.3, -0.25) is 4.99 Å². The number of benzene rings is 1. The Bertz CT molecular complexity index is 1040. The number of nitrogens with zero attached hydrogens (tertiary/aromatic N) is 1. The van der Waals surface area contributed by atoms with Crippen LogP contribution in [0.25, 0.3) is 5.57 Å². The Balaban J connectivity index is 1.48. The average molecular weight is 498 g/mol. The molecule has 2 aliphatic rings. The summed E-state index contributed by atoms with van der Waals surface area (Å²) in [6.45, 7) is 5.72. The quantitative estimate of drug-likeness (QED) is 0.203. The van der Waals surface area contributed by atoms with Crippen LogP contribution >= 0.6 is 0 Å². The number of fused-ring (bicyclic) bond motifs is 1.